The molecule has 0 spiro atoms. The third-order valence-corrected chi connectivity index (χ3v) is 3.59. The van der Waals surface area contributed by atoms with Crippen LogP contribution < -0.4 is 15.8 Å². The third-order valence-electron chi connectivity index (χ3n) is 3.09. The van der Waals surface area contributed by atoms with Crippen molar-refractivity contribution in [3.8, 4) is 5.75 Å². The van der Waals surface area contributed by atoms with Gasteiger partial charge >= 0.3 is 0 Å². The molecule has 0 unspecified atom stereocenters. The van der Waals surface area contributed by atoms with Crippen LogP contribution in [-0.2, 0) is 6.42 Å². The molecule has 0 saturated heterocycles. The molecular formula is C15H18BrN3O. The molecule has 20 heavy (non-hydrogen) atoms. The molecule has 0 radical (unpaired) electrons. The molecule has 1 aromatic heterocycles. The highest BCUT2D eigenvalue weighted by molar-refractivity contribution is 9.10. The van der Waals surface area contributed by atoms with Crippen LogP contribution in [0.15, 0.2) is 34.9 Å². The van der Waals surface area contributed by atoms with E-state index >= 15 is 0 Å². The molecule has 1 heterocycles. The lowest BCUT2D eigenvalue weighted by Crippen LogP contribution is -2.08. The normalized spacial score (nSPS) is 10.3. The average molecular weight is 336 g/mol. The van der Waals surface area contributed by atoms with Crippen molar-refractivity contribution in [3.05, 3.63) is 46.1 Å². The first kappa shape index (κ1) is 14.7. The van der Waals surface area contributed by atoms with Gasteiger partial charge < -0.3 is 15.8 Å². The predicted octanol–water partition coefficient (Wildman–Crippen LogP) is 3.40. The minimum absolute atomic E-state index is 0.712. The molecule has 3 N–H and O–H groups in total. The number of halogens is 1. The van der Waals surface area contributed by atoms with E-state index in [1.807, 2.05) is 25.1 Å². The molecule has 0 aliphatic heterocycles. The van der Waals surface area contributed by atoms with Crippen LogP contribution in [0, 0.1) is 6.92 Å². The number of nitrogens with two attached hydrogens (primary N) is 1. The van der Waals surface area contributed by atoms with E-state index in [1.54, 1.807) is 13.3 Å². The summed E-state index contributed by atoms with van der Waals surface area (Å²) in [6, 6.07) is 7.96. The zero-order chi connectivity index (χ0) is 14.5. The molecule has 2 aromatic rings. The van der Waals surface area contributed by atoms with Gasteiger partial charge in [0.1, 0.15) is 11.6 Å². The smallest absolute Gasteiger partial charge is 0.126 e. The van der Waals surface area contributed by atoms with Gasteiger partial charge in [-0.3, -0.25) is 0 Å². The Labute approximate surface area is 127 Å². The molecule has 5 heteroatoms. The number of aryl methyl sites for hydroxylation is 1. The monoisotopic (exact) mass is 335 g/mol. The highest BCUT2D eigenvalue weighted by atomic mass is 79.9. The Hall–Kier alpha value is -1.75. The zero-order valence-corrected chi connectivity index (χ0v) is 13.2. The van der Waals surface area contributed by atoms with E-state index in [0.29, 0.717) is 5.69 Å². The summed E-state index contributed by atoms with van der Waals surface area (Å²) in [5.41, 5.74) is 8.65. The van der Waals surface area contributed by atoms with Crippen LogP contribution in [0.25, 0.3) is 0 Å². The van der Waals surface area contributed by atoms with Crippen molar-refractivity contribution in [1.29, 1.82) is 0 Å². The first-order valence-corrected chi connectivity index (χ1v) is 7.18. The van der Waals surface area contributed by atoms with Gasteiger partial charge in [0.2, 0.25) is 0 Å². The molecular weight excluding hydrogens is 318 g/mol. The van der Waals surface area contributed by atoms with Gasteiger partial charge in [-0.15, -0.1) is 0 Å². The van der Waals surface area contributed by atoms with Gasteiger partial charge in [0, 0.05) is 11.0 Å². The molecule has 106 valence electrons. The quantitative estimate of drug-likeness (QED) is 0.879. The average Bonchev–Trinajstić information content (AvgIpc) is 2.43. The van der Waals surface area contributed by atoms with Crippen molar-refractivity contribution < 1.29 is 4.74 Å². The lowest BCUT2D eigenvalue weighted by Gasteiger charge is -2.11. The number of aromatic nitrogens is 1. The number of ether oxygens (including phenoxy) is 1. The largest absolute Gasteiger partial charge is 0.496 e. The van der Waals surface area contributed by atoms with Gasteiger partial charge in [0.05, 0.1) is 19.0 Å². The number of hydrogen-bond donors (Lipinski definition) is 2. The van der Waals surface area contributed by atoms with Crippen LogP contribution in [0.5, 0.6) is 5.75 Å². The first-order chi connectivity index (χ1) is 9.60. The van der Waals surface area contributed by atoms with Crippen molar-refractivity contribution >= 4 is 27.4 Å². The summed E-state index contributed by atoms with van der Waals surface area (Å²) in [6.07, 6.45) is 2.53. The number of nitrogens with one attached hydrogen (secondary N) is 1. The van der Waals surface area contributed by atoms with Crippen LogP contribution in [-0.4, -0.2) is 18.6 Å². The van der Waals surface area contributed by atoms with E-state index in [-0.39, 0.29) is 0 Å². The fourth-order valence-electron chi connectivity index (χ4n) is 1.93. The van der Waals surface area contributed by atoms with E-state index in [4.69, 9.17) is 10.5 Å². The van der Waals surface area contributed by atoms with Gasteiger partial charge in [-0.2, -0.15) is 0 Å². The number of nitrogens with zero attached hydrogens (tertiary/aromatic N) is 1. The molecule has 0 aliphatic carbocycles. The molecule has 4 nitrogen and oxygen atoms in total. The van der Waals surface area contributed by atoms with E-state index in [9.17, 15) is 0 Å². The summed E-state index contributed by atoms with van der Waals surface area (Å²) < 4.78 is 6.41. The molecule has 1 aromatic carbocycles. The van der Waals surface area contributed by atoms with Crippen molar-refractivity contribution in [1.82, 2.24) is 4.98 Å². The van der Waals surface area contributed by atoms with Gasteiger partial charge in [-0.05, 0) is 48.7 Å². The summed E-state index contributed by atoms with van der Waals surface area (Å²) in [5.74, 6) is 1.74. The standard InChI is InChI=1S/C15H18BrN3O/c1-10-7-15(19-9-13(10)17)18-6-5-11-8-12(16)3-4-14(11)20-2/h3-4,7-9H,5-6,17H2,1-2H3,(H,18,19). The molecule has 0 atom stereocenters. The number of methoxy groups -OCH3 is 1. The van der Waals surface area contributed by atoms with E-state index < -0.39 is 0 Å². The molecule has 0 saturated carbocycles. The minimum atomic E-state index is 0.712. The summed E-state index contributed by atoms with van der Waals surface area (Å²) in [5, 5.41) is 3.29. The van der Waals surface area contributed by atoms with Crippen molar-refractivity contribution in [3.63, 3.8) is 0 Å². The Bertz CT molecular complexity index is 602. The second-order valence-corrected chi connectivity index (χ2v) is 5.47. The predicted molar refractivity (Wildman–Crippen MR) is 86.3 cm³/mol. The number of benzene rings is 1. The minimum Gasteiger partial charge on any atom is -0.496 e. The Balaban J connectivity index is 1.99. The highest BCUT2D eigenvalue weighted by Crippen LogP contribution is 2.23. The van der Waals surface area contributed by atoms with Gasteiger partial charge in [0.15, 0.2) is 0 Å². The lowest BCUT2D eigenvalue weighted by molar-refractivity contribution is 0.410. The fourth-order valence-corrected chi connectivity index (χ4v) is 2.34. The number of anilines is 2. The number of nitrogen functional groups attached to an aromatic ring is 1. The van der Waals surface area contributed by atoms with Crippen molar-refractivity contribution in [2.24, 2.45) is 0 Å². The summed E-state index contributed by atoms with van der Waals surface area (Å²) in [7, 11) is 1.69. The summed E-state index contributed by atoms with van der Waals surface area (Å²) >= 11 is 3.48. The van der Waals surface area contributed by atoms with Gasteiger partial charge in [-0.25, -0.2) is 4.98 Å². The SMILES string of the molecule is COc1ccc(Br)cc1CCNc1cc(C)c(N)cn1. The maximum atomic E-state index is 5.75. The van der Waals surface area contributed by atoms with Crippen LogP contribution in [0.4, 0.5) is 11.5 Å². The van der Waals surface area contributed by atoms with Gasteiger partial charge in [-0.1, -0.05) is 15.9 Å². The first-order valence-electron chi connectivity index (χ1n) is 6.38. The summed E-state index contributed by atoms with van der Waals surface area (Å²) in [6.45, 7) is 2.75. The number of rotatable bonds is 5. The van der Waals surface area contributed by atoms with Crippen LogP contribution in [0.3, 0.4) is 0 Å². The van der Waals surface area contributed by atoms with Gasteiger partial charge in [0.25, 0.3) is 0 Å². The maximum absolute atomic E-state index is 5.75. The topological polar surface area (TPSA) is 60.2 Å². The molecule has 0 fully saturated rings. The Morgan fingerprint density at radius 2 is 2.15 bits per heavy atom. The van der Waals surface area contributed by atoms with Crippen LogP contribution in [0.1, 0.15) is 11.1 Å². The molecule has 2 rings (SSSR count). The second-order valence-electron chi connectivity index (χ2n) is 4.56. The zero-order valence-electron chi connectivity index (χ0n) is 11.6. The molecule has 0 aliphatic rings. The maximum Gasteiger partial charge on any atom is 0.126 e. The van der Waals surface area contributed by atoms with E-state index in [1.165, 1.54) is 0 Å². The number of hydrogen-bond acceptors (Lipinski definition) is 4. The Kier molecular flexibility index (Phi) is 4.84. The van der Waals surface area contributed by atoms with Crippen molar-refractivity contribution in [2.45, 2.75) is 13.3 Å². The molecule has 0 amide bonds. The third kappa shape index (κ3) is 3.63. The molecule has 0 bridgehead atoms. The fraction of sp³-hybridized carbons (Fsp3) is 0.267. The Morgan fingerprint density at radius 1 is 1.35 bits per heavy atom. The Morgan fingerprint density at radius 3 is 2.85 bits per heavy atom. The number of pyridine rings is 1. The van der Waals surface area contributed by atoms with Crippen LogP contribution in [0.2, 0.25) is 0 Å². The van der Waals surface area contributed by atoms with Crippen LogP contribution >= 0.6 is 15.9 Å². The summed E-state index contributed by atoms with van der Waals surface area (Å²) in [4.78, 5) is 4.25. The van der Waals surface area contributed by atoms with E-state index in [2.05, 4.69) is 32.3 Å². The van der Waals surface area contributed by atoms with E-state index in [0.717, 1.165) is 40.1 Å². The highest BCUT2D eigenvalue weighted by Gasteiger charge is 2.04. The van der Waals surface area contributed by atoms with Crippen molar-refractivity contribution in [2.75, 3.05) is 24.7 Å². The second kappa shape index (κ2) is 6.61. The lowest BCUT2D eigenvalue weighted by atomic mass is 10.1.